The normalized spacial score (nSPS) is 17.4. The van der Waals surface area contributed by atoms with Gasteiger partial charge in [-0.3, -0.25) is 4.99 Å². The van der Waals surface area contributed by atoms with Gasteiger partial charge in [-0.2, -0.15) is 0 Å². The molecule has 0 aromatic rings. The highest BCUT2D eigenvalue weighted by atomic mass is 127. The zero-order valence-electron chi connectivity index (χ0n) is 14.9. The molecule has 0 bridgehead atoms. The van der Waals surface area contributed by atoms with Crippen molar-refractivity contribution in [2.45, 2.75) is 58.8 Å². The fourth-order valence-electron chi connectivity index (χ4n) is 3.17. The van der Waals surface area contributed by atoms with Gasteiger partial charge < -0.3 is 15.4 Å². The number of nitrogens with zero attached hydrogens (tertiary/aromatic N) is 1. The second-order valence-electron chi connectivity index (χ2n) is 6.84. The lowest BCUT2D eigenvalue weighted by atomic mass is 9.83. The minimum atomic E-state index is 0. The summed E-state index contributed by atoms with van der Waals surface area (Å²) in [6, 6.07) is 0. The third-order valence-corrected chi connectivity index (χ3v) is 4.61. The van der Waals surface area contributed by atoms with Crippen molar-refractivity contribution in [3.63, 3.8) is 0 Å². The first-order chi connectivity index (χ1) is 10.1. The van der Waals surface area contributed by atoms with Gasteiger partial charge in [-0.05, 0) is 43.4 Å². The van der Waals surface area contributed by atoms with Crippen LogP contribution in [-0.2, 0) is 4.74 Å². The summed E-state index contributed by atoms with van der Waals surface area (Å²) in [4.78, 5) is 4.34. The number of hydrogen-bond acceptors (Lipinski definition) is 2. The van der Waals surface area contributed by atoms with Crippen LogP contribution in [0.25, 0.3) is 0 Å². The van der Waals surface area contributed by atoms with Gasteiger partial charge in [0.2, 0.25) is 0 Å². The number of aliphatic imine (C=N–C) groups is 1. The Morgan fingerprint density at radius 3 is 2.45 bits per heavy atom. The van der Waals surface area contributed by atoms with Gasteiger partial charge in [0, 0.05) is 33.9 Å². The van der Waals surface area contributed by atoms with Crippen molar-refractivity contribution < 1.29 is 4.74 Å². The minimum Gasteiger partial charge on any atom is -0.385 e. The summed E-state index contributed by atoms with van der Waals surface area (Å²) in [5, 5.41) is 6.96. The Bertz CT molecular complexity index is 302. The molecule has 0 atom stereocenters. The van der Waals surface area contributed by atoms with Gasteiger partial charge in [0.1, 0.15) is 0 Å². The number of hydrogen-bond donors (Lipinski definition) is 2. The van der Waals surface area contributed by atoms with Crippen LogP contribution >= 0.6 is 24.0 Å². The van der Waals surface area contributed by atoms with E-state index < -0.39 is 0 Å². The Balaban J connectivity index is 0.00000441. The molecule has 1 aliphatic carbocycles. The van der Waals surface area contributed by atoms with Crippen LogP contribution in [0.4, 0.5) is 0 Å². The summed E-state index contributed by atoms with van der Waals surface area (Å²) < 4.78 is 5.29. The smallest absolute Gasteiger partial charge is 0.190 e. The Kier molecular flexibility index (Phi) is 12.4. The van der Waals surface area contributed by atoms with Gasteiger partial charge in [0.05, 0.1) is 0 Å². The zero-order chi connectivity index (χ0) is 15.6. The lowest BCUT2D eigenvalue weighted by Crippen LogP contribution is -2.43. The zero-order valence-corrected chi connectivity index (χ0v) is 17.2. The summed E-state index contributed by atoms with van der Waals surface area (Å²) in [5.74, 6) is 1.72. The topological polar surface area (TPSA) is 45.7 Å². The third kappa shape index (κ3) is 8.56. The molecule has 1 aliphatic rings. The molecular weight excluding hydrogens is 389 g/mol. The minimum absolute atomic E-state index is 0. The number of methoxy groups -OCH3 is 1. The van der Waals surface area contributed by atoms with Gasteiger partial charge >= 0.3 is 0 Å². The van der Waals surface area contributed by atoms with E-state index in [0.717, 1.165) is 38.0 Å². The second-order valence-corrected chi connectivity index (χ2v) is 6.84. The van der Waals surface area contributed by atoms with Gasteiger partial charge in [-0.1, -0.05) is 26.7 Å². The van der Waals surface area contributed by atoms with E-state index in [1.807, 2.05) is 7.05 Å². The molecule has 22 heavy (non-hydrogen) atoms. The average Bonchev–Trinajstić information content (AvgIpc) is 2.93. The van der Waals surface area contributed by atoms with Gasteiger partial charge in [0.15, 0.2) is 5.96 Å². The molecular formula is C17H36IN3O. The molecule has 0 radical (unpaired) electrons. The van der Waals surface area contributed by atoms with Gasteiger partial charge in [-0.25, -0.2) is 0 Å². The van der Waals surface area contributed by atoms with Crippen LogP contribution < -0.4 is 10.6 Å². The molecule has 0 aromatic heterocycles. The van der Waals surface area contributed by atoms with Crippen molar-refractivity contribution in [1.82, 2.24) is 10.6 Å². The number of rotatable bonds is 9. The predicted octanol–water partition coefficient (Wildman–Crippen LogP) is 3.80. The van der Waals surface area contributed by atoms with E-state index in [9.17, 15) is 0 Å². The number of guanidine groups is 1. The van der Waals surface area contributed by atoms with Crippen molar-refractivity contribution in [1.29, 1.82) is 0 Å². The maximum absolute atomic E-state index is 5.29. The largest absolute Gasteiger partial charge is 0.385 e. The van der Waals surface area contributed by atoms with Crippen LogP contribution in [0.1, 0.15) is 58.8 Å². The van der Waals surface area contributed by atoms with E-state index in [0.29, 0.717) is 5.41 Å². The van der Waals surface area contributed by atoms with E-state index in [1.54, 1.807) is 7.11 Å². The molecule has 132 valence electrons. The van der Waals surface area contributed by atoms with E-state index in [4.69, 9.17) is 4.74 Å². The molecule has 0 heterocycles. The quantitative estimate of drug-likeness (QED) is 0.256. The summed E-state index contributed by atoms with van der Waals surface area (Å²) in [6.07, 6.45) is 8.95. The highest BCUT2D eigenvalue weighted by Gasteiger charge is 2.33. The maximum atomic E-state index is 5.29. The summed E-state index contributed by atoms with van der Waals surface area (Å²) in [5.41, 5.74) is 0.408. The van der Waals surface area contributed by atoms with Gasteiger partial charge in [0.25, 0.3) is 0 Å². The molecule has 0 saturated heterocycles. The van der Waals surface area contributed by atoms with Crippen LogP contribution in [0.5, 0.6) is 0 Å². The second kappa shape index (κ2) is 12.4. The molecule has 0 aliphatic heterocycles. The van der Waals surface area contributed by atoms with Gasteiger partial charge in [-0.15, -0.1) is 24.0 Å². The van der Waals surface area contributed by atoms with Crippen LogP contribution in [0.3, 0.4) is 0 Å². The van der Waals surface area contributed by atoms with E-state index in [2.05, 4.69) is 29.5 Å². The molecule has 0 aromatic carbocycles. The molecule has 4 nitrogen and oxygen atoms in total. The summed E-state index contributed by atoms with van der Waals surface area (Å²) >= 11 is 0. The number of ether oxygens (including phenoxy) is 1. The molecule has 2 N–H and O–H groups in total. The van der Waals surface area contributed by atoms with Crippen LogP contribution in [0, 0.1) is 11.3 Å². The van der Waals surface area contributed by atoms with E-state index in [1.165, 1.54) is 38.5 Å². The molecule has 0 spiro atoms. The molecule has 1 rings (SSSR count). The van der Waals surface area contributed by atoms with Crippen molar-refractivity contribution >= 4 is 29.9 Å². The fourth-order valence-corrected chi connectivity index (χ4v) is 3.17. The maximum Gasteiger partial charge on any atom is 0.190 e. The van der Waals surface area contributed by atoms with E-state index >= 15 is 0 Å². The monoisotopic (exact) mass is 425 g/mol. The lowest BCUT2D eigenvalue weighted by Gasteiger charge is -2.30. The summed E-state index contributed by atoms with van der Waals surface area (Å²) in [6.45, 7) is 7.42. The molecule has 1 saturated carbocycles. The van der Waals surface area contributed by atoms with Crippen LogP contribution in [0.2, 0.25) is 0 Å². The molecule has 1 fully saturated rings. The Labute approximate surface area is 154 Å². The van der Waals surface area contributed by atoms with Crippen LogP contribution in [0.15, 0.2) is 4.99 Å². The fraction of sp³-hybridized carbons (Fsp3) is 0.941. The lowest BCUT2D eigenvalue weighted by molar-refractivity contribution is 0.138. The van der Waals surface area contributed by atoms with Crippen molar-refractivity contribution in [2.75, 3.05) is 33.9 Å². The Morgan fingerprint density at radius 1 is 1.23 bits per heavy atom. The first kappa shape index (κ1) is 22.0. The molecule has 5 heteroatoms. The molecule has 0 amide bonds. The predicted molar refractivity (Wildman–Crippen MR) is 106 cm³/mol. The Hall–Kier alpha value is -0.0400. The third-order valence-electron chi connectivity index (χ3n) is 4.61. The highest BCUT2D eigenvalue weighted by Crippen LogP contribution is 2.40. The van der Waals surface area contributed by atoms with Crippen molar-refractivity contribution in [3.05, 3.63) is 0 Å². The molecule has 0 unspecified atom stereocenters. The first-order valence-corrected chi connectivity index (χ1v) is 8.55. The Morgan fingerprint density at radius 2 is 1.91 bits per heavy atom. The standard InChI is InChI=1S/C17H35N3O.HI/c1-15(2)8-7-12-19-16(18-3)20-14-17(11-13-21-4)9-5-6-10-17;/h15H,5-14H2,1-4H3,(H2,18,19,20);1H. The van der Waals surface area contributed by atoms with Crippen molar-refractivity contribution in [2.24, 2.45) is 16.3 Å². The number of halogens is 1. The highest BCUT2D eigenvalue weighted by molar-refractivity contribution is 14.0. The first-order valence-electron chi connectivity index (χ1n) is 8.55. The van der Waals surface area contributed by atoms with Crippen molar-refractivity contribution in [3.8, 4) is 0 Å². The number of nitrogens with one attached hydrogen (secondary N) is 2. The summed E-state index contributed by atoms with van der Waals surface area (Å²) in [7, 11) is 3.65. The SMILES string of the molecule is CN=C(NCCCC(C)C)NCC1(CCOC)CCCC1.I. The van der Waals surface area contributed by atoms with Crippen LogP contribution in [-0.4, -0.2) is 39.8 Å². The van der Waals surface area contributed by atoms with E-state index in [-0.39, 0.29) is 24.0 Å². The average molecular weight is 425 g/mol.